The molecule has 2 heterocycles. The highest BCUT2D eigenvalue weighted by atomic mass is 16.4. The van der Waals surface area contributed by atoms with Crippen LogP contribution in [0.2, 0.25) is 0 Å². The fourth-order valence-electron chi connectivity index (χ4n) is 8.58. The number of hydrogen-bond donors (Lipinski definition) is 20. The molecule has 1 aliphatic heterocycles. The van der Waals surface area contributed by atoms with E-state index in [9.17, 15) is 82.8 Å². The fraction of sp³-hybridized carbons (Fsp3) is 0.667. The summed E-state index contributed by atoms with van der Waals surface area (Å²) in [4.78, 5) is 184. The predicted octanol–water partition coefficient (Wildman–Crippen LogP) is -9.77. The number of hydrogen-bond acceptors (Lipinski definition) is 20. The molecule has 1 aromatic rings. The van der Waals surface area contributed by atoms with E-state index >= 15 is 0 Å². The van der Waals surface area contributed by atoms with E-state index in [-0.39, 0.29) is 57.1 Å². The lowest BCUT2D eigenvalue weighted by Gasteiger charge is -2.32. The zero-order valence-electron chi connectivity index (χ0n) is 49.5. The summed E-state index contributed by atoms with van der Waals surface area (Å²) in [5.41, 5.74) is 22.1. The molecule has 13 atom stereocenters. The van der Waals surface area contributed by atoms with Crippen molar-refractivity contribution in [2.45, 2.75) is 172 Å². The van der Waals surface area contributed by atoms with Crippen molar-refractivity contribution in [3.63, 3.8) is 0 Å². The van der Waals surface area contributed by atoms with Crippen LogP contribution in [0.3, 0.4) is 0 Å². The van der Waals surface area contributed by atoms with Crippen LogP contribution in [-0.4, -0.2) is 235 Å². The Labute approximate surface area is 500 Å². The summed E-state index contributed by atoms with van der Waals surface area (Å²) in [6.45, 7) is 7.18. The molecule has 0 bridgehead atoms. The normalized spacial score (nSPS) is 17.1. The minimum absolute atomic E-state index is 0.0148. The van der Waals surface area contributed by atoms with Crippen molar-refractivity contribution < 1.29 is 87.9 Å². The molecule has 0 unspecified atom stereocenters. The Kier molecular flexibility index (Phi) is 31.2. The number of carbonyl (C=O) groups is 13. The molecular weight excluding hydrogens is 1150 g/mol. The van der Waals surface area contributed by atoms with Gasteiger partial charge in [0.25, 0.3) is 0 Å². The monoisotopic (exact) mass is 1240 g/mol. The van der Waals surface area contributed by atoms with Crippen LogP contribution in [0.1, 0.15) is 92.7 Å². The van der Waals surface area contributed by atoms with E-state index in [1.807, 2.05) is 0 Å². The maximum absolute atomic E-state index is 14.5. The van der Waals surface area contributed by atoms with E-state index < -0.39 is 188 Å². The second-order valence-electron chi connectivity index (χ2n) is 21.5. The highest BCUT2D eigenvalue weighted by Gasteiger charge is 2.42. The first kappa shape index (κ1) is 74.5. The van der Waals surface area contributed by atoms with Crippen molar-refractivity contribution in [1.82, 2.24) is 68.0 Å². The molecule has 1 saturated heterocycles. The molecule has 2 rings (SSSR count). The van der Waals surface area contributed by atoms with Gasteiger partial charge in [-0.1, -0.05) is 27.7 Å². The molecule has 12 amide bonds. The summed E-state index contributed by atoms with van der Waals surface area (Å²) in [6.07, 6.45) is -1.37. The lowest BCUT2D eigenvalue weighted by Crippen LogP contribution is -2.62. The maximum atomic E-state index is 14.5. The molecule has 1 aromatic heterocycles. The van der Waals surface area contributed by atoms with Gasteiger partial charge in [-0.2, -0.15) is 0 Å². The average Bonchev–Trinajstić information content (AvgIpc) is 4.35. The third-order valence-electron chi connectivity index (χ3n) is 13.3. The number of nitrogens with two attached hydrogens (primary N) is 4. The van der Waals surface area contributed by atoms with Gasteiger partial charge in [-0.05, 0) is 64.7 Å². The number of carboxylic acids is 1. The lowest BCUT2D eigenvalue weighted by atomic mass is 10.0. The third kappa shape index (κ3) is 25.1. The Morgan fingerprint density at radius 3 is 1.75 bits per heavy atom. The van der Waals surface area contributed by atoms with Crippen LogP contribution < -0.4 is 76.1 Å². The number of primary amides is 1. The SMILES string of the molecule is CC(C)C[C@H](NC(=O)[C@H](CO)NC(=O)CNC(=O)[C@H](CC(N)=O)NC(=O)[C@@H](NC(=O)[C@H](C)NC(=O)[C@@H](N)CO)[C@@H](C)O)C(=O)N[C@H](C(=O)N[C@@H](CCCN=C(N)N)C(=O)N1CCC[C@H]1C(=O)N[C@H](C(=O)N[C@@H](Cc1cnc[nH]1)C(=O)O)C(C)C)[C@@H](C)O. The second kappa shape index (κ2) is 36.4. The van der Waals surface area contributed by atoms with E-state index in [2.05, 4.69) is 68.1 Å². The number of nitrogens with zero attached hydrogens (tertiary/aromatic N) is 3. The van der Waals surface area contributed by atoms with Gasteiger partial charge in [-0.25, -0.2) is 9.78 Å². The number of aromatic amines is 1. The molecular formula is C51H86N18O18. The Bertz CT molecular complexity index is 2580. The number of aliphatic imine (C=N–C) groups is 1. The van der Waals surface area contributed by atoms with E-state index in [0.717, 1.165) is 13.8 Å². The minimum Gasteiger partial charge on any atom is -0.480 e. The fourth-order valence-corrected chi connectivity index (χ4v) is 8.58. The number of amides is 12. The number of aliphatic hydroxyl groups is 4. The van der Waals surface area contributed by atoms with Crippen molar-refractivity contribution in [3.8, 4) is 0 Å². The van der Waals surface area contributed by atoms with Gasteiger partial charge in [0.2, 0.25) is 70.9 Å². The third-order valence-corrected chi connectivity index (χ3v) is 13.3. The largest absolute Gasteiger partial charge is 0.480 e. The molecule has 1 aliphatic rings. The number of aliphatic hydroxyl groups excluding tert-OH is 4. The van der Waals surface area contributed by atoms with Crippen LogP contribution in [0.5, 0.6) is 0 Å². The number of likely N-dealkylation sites (tertiary alicyclic amines) is 1. The first-order valence-corrected chi connectivity index (χ1v) is 27.9. The summed E-state index contributed by atoms with van der Waals surface area (Å²) < 4.78 is 0. The molecule has 1 fully saturated rings. The zero-order valence-corrected chi connectivity index (χ0v) is 49.5. The molecule has 0 radical (unpaired) electrons. The Morgan fingerprint density at radius 2 is 1.23 bits per heavy atom. The topological polar surface area (TPSA) is 592 Å². The molecule has 36 heteroatoms. The second-order valence-corrected chi connectivity index (χ2v) is 21.5. The Balaban J connectivity index is 2.25. The number of nitrogens with one attached hydrogen (secondary N) is 11. The summed E-state index contributed by atoms with van der Waals surface area (Å²) in [5.74, 6) is -14.8. The number of aromatic nitrogens is 2. The quantitative estimate of drug-likeness (QED) is 0.0167. The van der Waals surface area contributed by atoms with Crippen molar-refractivity contribution in [2.24, 2.45) is 39.8 Å². The van der Waals surface area contributed by atoms with Gasteiger partial charge in [0.15, 0.2) is 5.96 Å². The van der Waals surface area contributed by atoms with Crippen LogP contribution in [0.15, 0.2) is 17.5 Å². The van der Waals surface area contributed by atoms with Crippen molar-refractivity contribution >= 4 is 82.8 Å². The van der Waals surface area contributed by atoms with Crippen LogP contribution >= 0.6 is 0 Å². The predicted molar refractivity (Wildman–Crippen MR) is 304 cm³/mol. The van der Waals surface area contributed by atoms with Crippen molar-refractivity contribution in [1.29, 1.82) is 0 Å². The number of carbonyl (C=O) groups excluding carboxylic acids is 12. The molecule has 0 aliphatic carbocycles. The van der Waals surface area contributed by atoms with Crippen LogP contribution in [-0.2, 0) is 68.7 Å². The zero-order chi connectivity index (χ0) is 66.0. The molecule has 0 spiro atoms. The van der Waals surface area contributed by atoms with Crippen LogP contribution in [0, 0.1) is 11.8 Å². The van der Waals surface area contributed by atoms with E-state index in [1.54, 1.807) is 27.7 Å². The van der Waals surface area contributed by atoms with Crippen LogP contribution in [0.4, 0.5) is 0 Å². The average molecular weight is 1240 g/mol. The van der Waals surface area contributed by atoms with Gasteiger partial charge in [0, 0.05) is 31.4 Å². The number of aliphatic carboxylic acids is 1. The summed E-state index contributed by atoms with van der Waals surface area (Å²) >= 11 is 0. The van der Waals surface area contributed by atoms with Gasteiger partial charge < -0.3 is 112 Å². The van der Waals surface area contributed by atoms with Crippen molar-refractivity contribution in [2.75, 3.05) is 32.8 Å². The highest BCUT2D eigenvalue weighted by molar-refractivity contribution is 6.00. The Morgan fingerprint density at radius 1 is 0.667 bits per heavy atom. The van der Waals surface area contributed by atoms with Crippen molar-refractivity contribution in [3.05, 3.63) is 18.2 Å². The number of guanidine groups is 1. The number of carboxylic acid groups (broad SMARTS) is 1. The molecule has 0 saturated carbocycles. The van der Waals surface area contributed by atoms with Gasteiger partial charge in [0.05, 0.1) is 44.7 Å². The molecule has 488 valence electrons. The van der Waals surface area contributed by atoms with Crippen LogP contribution in [0.25, 0.3) is 0 Å². The Hall–Kier alpha value is -8.61. The maximum Gasteiger partial charge on any atom is 0.326 e. The minimum atomic E-state index is -1.83. The van der Waals surface area contributed by atoms with Gasteiger partial charge in [0.1, 0.15) is 66.5 Å². The number of rotatable bonds is 37. The molecule has 24 N–H and O–H groups in total. The summed E-state index contributed by atoms with van der Waals surface area (Å²) in [6, 6.07) is -16.8. The molecule has 36 nitrogen and oxygen atoms in total. The van der Waals surface area contributed by atoms with Gasteiger partial charge >= 0.3 is 5.97 Å². The standard InChI is InChI=1S/C51H86N18O18/c1-22(2)14-30(63-44(80)33(20-71)61-36(75)18-58-42(78)31(16-35(53)74)64-48(84)38(25(6)72)67-40(76)24(5)60-41(77)28(52)19-70)43(79)68-39(26(7)73)47(83)62-29(10-8-12-57-51(54)55)49(85)69-13-9-11-34(69)45(81)66-37(23(3)4)46(82)65-32(50(86)87)15-27-17-56-21-59-27/h17,21-26,28-34,37-39,70-73H,8-16,18-20,52H2,1-7H3,(H2,53,74)(H,56,59)(H,58,78)(H,60,77)(H,61,75)(H,62,83)(H,63,80)(H,64,84)(H,65,82)(H,66,81)(H,67,76)(H,68,79)(H,86,87)(H4,54,55,57)/t24-,25+,26+,28-,29-,30-,31-,32-,33-,34-,37-,38-,39-/m0/s1. The van der Waals surface area contributed by atoms with Gasteiger partial charge in [-0.15, -0.1) is 0 Å². The lowest BCUT2D eigenvalue weighted by molar-refractivity contribution is -0.144. The smallest absolute Gasteiger partial charge is 0.326 e. The number of H-pyrrole nitrogens is 1. The van der Waals surface area contributed by atoms with E-state index in [0.29, 0.717) is 12.1 Å². The number of imidazole rings is 1. The summed E-state index contributed by atoms with van der Waals surface area (Å²) in [5, 5.41) is 73.4. The summed E-state index contributed by atoms with van der Waals surface area (Å²) in [7, 11) is 0. The first-order valence-electron chi connectivity index (χ1n) is 27.9. The molecule has 87 heavy (non-hydrogen) atoms. The van der Waals surface area contributed by atoms with E-state index in [1.165, 1.54) is 24.3 Å². The van der Waals surface area contributed by atoms with E-state index in [4.69, 9.17) is 28.0 Å². The van der Waals surface area contributed by atoms with Gasteiger partial charge in [-0.3, -0.25) is 62.5 Å². The highest BCUT2D eigenvalue weighted by Crippen LogP contribution is 2.21. The molecule has 0 aromatic carbocycles. The first-order chi connectivity index (χ1) is 40.7.